The predicted molar refractivity (Wildman–Crippen MR) is 99.2 cm³/mol. The van der Waals surface area contributed by atoms with Crippen molar-refractivity contribution < 1.29 is 19.1 Å². The summed E-state index contributed by atoms with van der Waals surface area (Å²) in [7, 11) is 0. The summed E-state index contributed by atoms with van der Waals surface area (Å²) in [5.74, 6) is -1.18. The molecule has 0 saturated carbocycles. The van der Waals surface area contributed by atoms with Crippen molar-refractivity contribution in [3.63, 3.8) is 0 Å². The Hall–Kier alpha value is -2.95. The molecule has 5 nitrogen and oxygen atoms in total. The number of esters is 1. The number of carbonyl (C=O) groups excluding carboxylic acids is 3. The Morgan fingerprint density at radius 2 is 1.67 bits per heavy atom. The number of carbonyl (C=O) groups is 3. The predicted octanol–water partition coefficient (Wildman–Crippen LogP) is 3.54. The number of amides is 2. The van der Waals surface area contributed by atoms with E-state index in [1.165, 1.54) is 4.90 Å². The van der Waals surface area contributed by atoms with Gasteiger partial charge in [-0.2, -0.15) is 0 Å². The van der Waals surface area contributed by atoms with Crippen LogP contribution in [0.25, 0.3) is 0 Å². The van der Waals surface area contributed by atoms with Crippen LogP contribution in [0.2, 0.25) is 0 Å². The van der Waals surface area contributed by atoms with Crippen LogP contribution in [0.5, 0.6) is 0 Å². The van der Waals surface area contributed by atoms with Crippen molar-refractivity contribution in [1.82, 2.24) is 4.90 Å². The van der Waals surface area contributed by atoms with Crippen LogP contribution in [0.3, 0.4) is 0 Å². The molecule has 5 heteroatoms. The highest BCUT2D eigenvalue weighted by atomic mass is 16.5. The number of hydrogen-bond acceptors (Lipinski definition) is 4. The van der Waals surface area contributed by atoms with E-state index in [9.17, 15) is 14.4 Å². The fraction of sp³-hybridized carbons (Fsp3) is 0.318. The molecule has 1 aliphatic heterocycles. The summed E-state index contributed by atoms with van der Waals surface area (Å²) in [5, 5.41) is 0. The van der Waals surface area contributed by atoms with E-state index in [4.69, 9.17) is 4.74 Å². The maximum atomic E-state index is 13.0. The smallest absolute Gasteiger partial charge is 0.309 e. The van der Waals surface area contributed by atoms with Crippen LogP contribution in [0.15, 0.2) is 48.5 Å². The van der Waals surface area contributed by atoms with Gasteiger partial charge >= 0.3 is 5.97 Å². The molecule has 0 radical (unpaired) electrons. The zero-order valence-corrected chi connectivity index (χ0v) is 15.3. The maximum Gasteiger partial charge on any atom is 0.309 e. The minimum Gasteiger partial charge on any atom is -0.459 e. The van der Waals surface area contributed by atoms with Gasteiger partial charge in [0.25, 0.3) is 11.8 Å². The molecule has 4 rings (SSSR count). The first-order chi connectivity index (χ1) is 13.0. The molecule has 1 heterocycles. The molecule has 1 aliphatic carbocycles. The lowest BCUT2D eigenvalue weighted by molar-refractivity contribution is -0.155. The Morgan fingerprint density at radius 3 is 2.30 bits per heavy atom. The van der Waals surface area contributed by atoms with Gasteiger partial charge in [0.2, 0.25) is 0 Å². The summed E-state index contributed by atoms with van der Waals surface area (Å²) in [6.45, 7) is 3.75. The van der Waals surface area contributed by atoms with E-state index in [-0.39, 0.29) is 23.7 Å². The molecule has 0 saturated heterocycles. The molecule has 0 bridgehead atoms. The van der Waals surface area contributed by atoms with Gasteiger partial charge in [0.15, 0.2) is 0 Å². The number of rotatable bonds is 4. The van der Waals surface area contributed by atoms with Crippen molar-refractivity contribution in [3.05, 3.63) is 70.8 Å². The first kappa shape index (κ1) is 17.5. The van der Waals surface area contributed by atoms with Gasteiger partial charge in [-0.05, 0) is 29.7 Å². The average Bonchev–Trinajstić information content (AvgIpc) is 3.16. The summed E-state index contributed by atoms with van der Waals surface area (Å²) in [5.41, 5.74) is 2.67. The van der Waals surface area contributed by atoms with Crippen LogP contribution in [-0.2, 0) is 16.0 Å². The van der Waals surface area contributed by atoms with Gasteiger partial charge in [0, 0.05) is 6.42 Å². The molecule has 2 aromatic carbocycles. The molecular formula is C22H21NO4. The van der Waals surface area contributed by atoms with Crippen LogP contribution < -0.4 is 0 Å². The summed E-state index contributed by atoms with van der Waals surface area (Å²) in [6, 6.07) is 13.9. The summed E-state index contributed by atoms with van der Waals surface area (Å²) in [6.07, 6.45) is 0.609. The molecular weight excluding hydrogens is 342 g/mol. The van der Waals surface area contributed by atoms with Crippen molar-refractivity contribution in [2.75, 3.05) is 0 Å². The number of ether oxygens (including phenoxy) is 1. The summed E-state index contributed by atoms with van der Waals surface area (Å²) >= 11 is 0. The minimum absolute atomic E-state index is 0.225. The van der Waals surface area contributed by atoms with Crippen molar-refractivity contribution in [3.8, 4) is 0 Å². The molecule has 0 spiro atoms. The quantitative estimate of drug-likeness (QED) is 0.616. The SMILES string of the molecule is CC[C@H](C)C(=O)O[C@@H]1Cc2ccccc2[C@@H]1N1C(=O)c2ccccc2C1=O. The standard InChI is InChI=1S/C22H21NO4/c1-3-13(2)22(26)27-18-12-14-8-4-5-9-15(14)19(18)23-20(24)16-10-6-7-11-17(16)21(23)25/h4-11,13,18-19H,3,12H2,1-2H3/t13-,18+,19-/m0/s1. The zero-order valence-electron chi connectivity index (χ0n) is 15.3. The van der Waals surface area contributed by atoms with Gasteiger partial charge in [-0.25, -0.2) is 0 Å². The Morgan fingerprint density at radius 1 is 1.07 bits per heavy atom. The van der Waals surface area contributed by atoms with Crippen molar-refractivity contribution in [2.45, 2.75) is 38.8 Å². The minimum atomic E-state index is -0.596. The third-order valence-corrected chi connectivity index (χ3v) is 5.53. The van der Waals surface area contributed by atoms with Crippen LogP contribution in [-0.4, -0.2) is 28.8 Å². The van der Waals surface area contributed by atoms with E-state index in [0.29, 0.717) is 24.0 Å². The maximum absolute atomic E-state index is 13.0. The van der Waals surface area contributed by atoms with E-state index in [1.807, 2.05) is 38.1 Å². The molecule has 138 valence electrons. The van der Waals surface area contributed by atoms with Gasteiger partial charge in [-0.1, -0.05) is 50.2 Å². The molecule has 2 amide bonds. The number of nitrogens with zero attached hydrogens (tertiary/aromatic N) is 1. The van der Waals surface area contributed by atoms with E-state index < -0.39 is 12.1 Å². The third-order valence-electron chi connectivity index (χ3n) is 5.53. The normalized spacial score (nSPS) is 21.8. The zero-order chi connectivity index (χ0) is 19.1. The molecule has 0 fully saturated rings. The topological polar surface area (TPSA) is 63.7 Å². The largest absolute Gasteiger partial charge is 0.459 e. The highest BCUT2D eigenvalue weighted by molar-refractivity contribution is 6.21. The third kappa shape index (κ3) is 2.74. The number of hydrogen-bond donors (Lipinski definition) is 0. The monoisotopic (exact) mass is 363 g/mol. The van der Waals surface area contributed by atoms with Gasteiger partial charge < -0.3 is 4.74 Å². The summed E-state index contributed by atoms with van der Waals surface area (Å²) < 4.78 is 5.78. The average molecular weight is 363 g/mol. The fourth-order valence-electron chi connectivity index (χ4n) is 3.84. The first-order valence-electron chi connectivity index (χ1n) is 9.28. The molecule has 0 unspecified atom stereocenters. The molecule has 0 aromatic heterocycles. The highest BCUT2D eigenvalue weighted by Gasteiger charge is 2.48. The molecule has 27 heavy (non-hydrogen) atoms. The van der Waals surface area contributed by atoms with Crippen molar-refractivity contribution >= 4 is 17.8 Å². The Labute approximate surface area is 157 Å². The van der Waals surface area contributed by atoms with E-state index in [0.717, 1.165) is 11.1 Å². The van der Waals surface area contributed by atoms with Gasteiger partial charge in [0.1, 0.15) is 12.1 Å². The second kappa shape index (κ2) is 6.65. The van der Waals surface area contributed by atoms with Crippen LogP contribution in [0, 0.1) is 5.92 Å². The van der Waals surface area contributed by atoms with Crippen LogP contribution >= 0.6 is 0 Å². The fourth-order valence-corrected chi connectivity index (χ4v) is 3.84. The van der Waals surface area contributed by atoms with E-state index >= 15 is 0 Å². The Bertz CT molecular complexity index is 900. The van der Waals surface area contributed by atoms with Crippen LogP contribution in [0.4, 0.5) is 0 Å². The lowest BCUT2D eigenvalue weighted by Crippen LogP contribution is -2.40. The lowest BCUT2D eigenvalue weighted by Gasteiger charge is -2.29. The highest BCUT2D eigenvalue weighted by Crippen LogP contribution is 2.41. The van der Waals surface area contributed by atoms with E-state index in [1.54, 1.807) is 24.3 Å². The molecule has 2 aromatic rings. The van der Waals surface area contributed by atoms with Gasteiger partial charge in [-0.15, -0.1) is 0 Å². The molecule has 2 aliphatic rings. The number of imide groups is 1. The molecule has 3 atom stereocenters. The number of fused-ring (bicyclic) bond motifs is 2. The molecule has 0 N–H and O–H groups in total. The van der Waals surface area contributed by atoms with Gasteiger partial charge in [0.05, 0.1) is 17.0 Å². The Balaban J connectivity index is 1.73. The first-order valence-corrected chi connectivity index (χ1v) is 9.28. The van der Waals surface area contributed by atoms with E-state index in [2.05, 4.69) is 0 Å². The summed E-state index contributed by atoms with van der Waals surface area (Å²) in [4.78, 5) is 39.7. The van der Waals surface area contributed by atoms with Crippen molar-refractivity contribution in [1.29, 1.82) is 0 Å². The van der Waals surface area contributed by atoms with Gasteiger partial charge in [-0.3, -0.25) is 19.3 Å². The lowest BCUT2D eigenvalue weighted by atomic mass is 10.1. The number of benzene rings is 2. The van der Waals surface area contributed by atoms with Crippen molar-refractivity contribution in [2.24, 2.45) is 5.92 Å². The Kier molecular flexibility index (Phi) is 4.30. The van der Waals surface area contributed by atoms with Crippen LogP contribution in [0.1, 0.15) is 58.2 Å². The second-order valence-corrected chi connectivity index (χ2v) is 7.16. The second-order valence-electron chi connectivity index (χ2n) is 7.16.